The predicted molar refractivity (Wildman–Crippen MR) is 219 cm³/mol. The van der Waals surface area contributed by atoms with E-state index in [9.17, 15) is 18.1 Å². The van der Waals surface area contributed by atoms with Gasteiger partial charge in [-0.15, -0.1) is 0 Å². The van der Waals surface area contributed by atoms with Gasteiger partial charge >= 0.3 is 0 Å². The number of rotatable bonds is 13. The molecule has 7 rings (SSSR count). The van der Waals surface area contributed by atoms with Gasteiger partial charge in [0.1, 0.15) is 29.7 Å². The molecule has 5 heterocycles. The fourth-order valence-electron chi connectivity index (χ4n) is 9.56. The van der Waals surface area contributed by atoms with Crippen molar-refractivity contribution in [2.24, 2.45) is 11.8 Å². The zero-order chi connectivity index (χ0) is 39.9. The number of likely N-dealkylation sites (tertiary alicyclic amines) is 1. The molecule has 4 aromatic rings. The van der Waals surface area contributed by atoms with Crippen molar-refractivity contribution in [3.63, 3.8) is 0 Å². The molecule has 3 aliphatic rings. The lowest BCUT2D eigenvalue weighted by Gasteiger charge is -2.36. The SMILES string of the molecule is C=C(c1cc(F)ccc1Oc1cncnc1N1CC2CCN(Cc3ccc4c(cc(C#N)n4CCC4CCN(S(C)(=O)=O)C(C)C4)c3C)C2C1)N(CC)C(C)C. The second kappa shape index (κ2) is 16.2. The number of hydrogen-bond acceptors (Lipinski definition) is 9. The van der Waals surface area contributed by atoms with Crippen LogP contribution in [0.3, 0.4) is 0 Å². The van der Waals surface area contributed by atoms with E-state index in [0.717, 1.165) is 81.7 Å². The van der Waals surface area contributed by atoms with Gasteiger partial charge in [0, 0.05) is 79.6 Å². The Morgan fingerprint density at radius 3 is 2.66 bits per heavy atom. The van der Waals surface area contributed by atoms with E-state index in [1.165, 1.54) is 29.5 Å². The maximum Gasteiger partial charge on any atom is 0.211 e. The largest absolute Gasteiger partial charge is 0.451 e. The fraction of sp³-hybridized carbons (Fsp3) is 0.512. The molecule has 0 saturated carbocycles. The molecule has 56 heavy (non-hydrogen) atoms. The minimum Gasteiger partial charge on any atom is -0.451 e. The number of sulfonamides is 1. The number of nitriles is 1. The Labute approximate surface area is 331 Å². The number of benzene rings is 2. The van der Waals surface area contributed by atoms with Crippen molar-refractivity contribution >= 4 is 32.4 Å². The molecule has 0 N–H and O–H groups in total. The van der Waals surface area contributed by atoms with E-state index in [4.69, 9.17) is 9.72 Å². The van der Waals surface area contributed by atoms with E-state index >= 15 is 0 Å². The Hall–Kier alpha value is -4.51. The van der Waals surface area contributed by atoms with Crippen molar-refractivity contribution in [3.8, 4) is 17.6 Å². The summed E-state index contributed by atoms with van der Waals surface area (Å²) in [6.07, 6.45) is 8.20. The molecule has 3 fully saturated rings. The van der Waals surface area contributed by atoms with Crippen molar-refractivity contribution in [2.75, 3.05) is 43.9 Å². The molecule has 0 radical (unpaired) electrons. The summed E-state index contributed by atoms with van der Waals surface area (Å²) in [5.74, 6) is 2.30. The van der Waals surface area contributed by atoms with Crippen LogP contribution in [0.25, 0.3) is 16.6 Å². The molecule has 0 aliphatic carbocycles. The first kappa shape index (κ1) is 39.7. The first-order valence-corrected chi connectivity index (χ1v) is 21.8. The number of hydrogen-bond donors (Lipinski definition) is 0. The van der Waals surface area contributed by atoms with Gasteiger partial charge in [0.2, 0.25) is 10.0 Å². The molecule has 3 saturated heterocycles. The number of aromatic nitrogens is 3. The molecule has 0 spiro atoms. The summed E-state index contributed by atoms with van der Waals surface area (Å²) in [4.78, 5) is 16.0. The van der Waals surface area contributed by atoms with Crippen LogP contribution >= 0.6 is 0 Å². The maximum atomic E-state index is 14.6. The van der Waals surface area contributed by atoms with Crippen LogP contribution in [0.4, 0.5) is 10.2 Å². The third-order valence-corrected chi connectivity index (χ3v) is 13.9. The average molecular weight is 783 g/mol. The zero-order valence-corrected chi connectivity index (χ0v) is 34.4. The lowest BCUT2D eigenvalue weighted by molar-refractivity contribution is 0.199. The van der Waals surface area contributed by atoms with Gasteiger partial charge in [0.15, 0.2) is 11.6 Å². The van der Waals surface area contributed by atoms with Gasteiger partial charge in [0.25, 0.3) is 0 Å². The van der Waals surface area contributed by atoms with Gasteiger partial charge in [-0.1, -0.05) is 12.6 Å². The number of ether oxygens (including phenoxy) is 1. The summed E-state index contributed by atoms with van der Waals surface area (Å²) < 4.78 is 49.2. The first-order valence-electron chi connectivity index (χ1n) is 20.0. The molecule has 11 nitrogen and oxygen atoms in total. The molecule has 2 aromatic carbocycles. The second-order valence-corrected chi connectivity index (χ2v) is 18.2. The number of fused-ring (bicyclic) bond motifs is 2. The Morgan fingerprint density at radius 2 is 1.95 bits per heavy atom. The van der Waals surface area contributed by atoms with E-state index in [2.05, 4.69) is 76.7 Å². The van der Waals surface area contributed by atoms with E-state index in [1.807, 2.05) is 13.0 Å². The van der Waals surface area contributed by atoms with E-state index in [-0.39, 0.29) is 17.9 Å². The summed E-state index contributed by atoms with van der Waals surface area (Å²) in [7, 11) is -3.20. The highest BCUT2D eigenvalue weighted by molar-refractivity contribution is 7.88. The monoisotopic (exact) mass is 782 g/mol. The highest BCUT2D eigenvalue weighted by atomic mass is 32.2. The number of nitrogens with zero attached hydrogens (tertiary/aromatic N) is 8. The van der Waals surface area contributed by atoms with Gasteiger partial charge in [-0.2, -0.15) is 9.57 Å². The molecule has 2 aromatic heterocycles. The van der Waals surface area contributed by atoms with E-state index in [0.29, 0.717) is 52.9 Å². The van der Waals surface area contributed by atoms with Crippen LogP contribution in [0.15, 0.2) is 55.5 Å². The van der Waals surface area contributed by atoms with Crippen LogP contribution in [0.1, 0.15) is 75.8 Å². The smallest absolute Gasteiger partial charge is 0.211 e. The Kier molecular flexibility index (Phi) is 11.5. The number of halogens is 1. The minimum atomic E-state index is -3.20. The molecular formula is C43H55FN8O3S. The molecule has 4 atom stereocenters. The zero-order valence-electron chi connectivity index (χ0n) is 33.6. The maximum absolute atomic E-state index is 14.6. The molecule has 3 aliphatic heterocycles. The third-order valence-electron chi connectivity index (χ3n) is 12.5. The van der Waals surface area contributed by atoms with Crippen LogP contribution < -0.4 is 9.64 Å². The number of aryl methyl sites for hydroxylation is 2. The first-order chi connectivity index (χ1) is 26.8. The Morgan fingerprint density at radius 1 is 1.14 bits per heavy atom. The van der Waals surface area contributed by atoms with Gasteiger partial charge in [-0.3, -0.25) is 4.90 Å². The normalized spacial score (nSPS) is 21.8. The topological polar surface area (TPSA) is 111 Å². The van der Waals surface area contributed by atoms with Crippen LogP contribution in [-0.4, -0.2) is 94.2 Å². The molecule has 0 bridgehead atoms. The van der Waals surface area contributed by atoms with Crippen molar-refractivity contribution in [2.45, 2.75) is 91.5 Å². The Bertz CT molecular complexity index is 2250. The van der Waals surface area contributed by atoms with Crippen LogP contribution in [-0.2, 0) is 23.1 Å². The van der Waals surface area contributed by atoms with Crippen molar-refractivity contribution < 1.29 is 17.5 Å². The van der Waals surface area contributed by atoms with Gasteiger partial charge in [0.05, 0.1) is 12.5 Å². The molecule has 13 heteroatoms. The van der Waals surface area contributed by atoms with Crippen LogP contribution in [0.5, 0.6) is 11.5 Å². The minimum absolute atomic E-state index is 0.0129. The average Bonchev–Trinajstić information content (AvgIpc) is 3.86. The van der Waals surface area contributed by atoms with Gasteiger partial charge in [-0.25, -0.2) is 22.8 Å². The summed E-state index contributed by atoms with van der Waals surface area (Å²) >= 11 is 0. The second-order valence-electron chi connectivity index (χ2n) is 16.2. The highest BCUT2D eigenvalue weighted by Crippen LogP contribution is 2.41. The number of anilines is 1. The van der Waals surface area contributed by atoms with Gasteiger partial charge in [-0.05, 0) is 120 Å². The van der Waals surface area contributed by atoms with E-state index in [1.54, 1.807) is 22.9 Å². The van der Waals surface area contributed by atoms with Crippen LogP contribution in [0, 0.1) is 35.9 Å². The summed E-state index contributed by atoms with van der Waals surface area (Å²) in [5.41, 5.74) is 5.51. The fourth-order valence-corrected chi connectivity index (χ4v) is 10.7. The van der Waals surface area contributed by atoms with Crippen molar-refractivity contribution in [1.82, 2.24) is 28.6 Å². The lowest BCUT2D eigenvalue weighted by atomic mass is 9.90. The summed E-state index contributed by atoms with van der Waals surface area (Å²) in [6, 6.07) is 13.9. The third kappa shape index (κ3) is 7.88. The van der Waals surface area contributed by atoms with Crippen molar-refractivity contribution in [1.29, 1.82) is 5.26 Å². The summed E-state index contributed by atoms with van der Waals surface area (Å²) in [6.45, 7) is 20.2. The molecule has 298 valence electrons. The van der Waals surface area contributed by atoms with Gasteiger partial charge < -0.3 is 19.1 Å². The molecular weight excluding hydrogens is 728 g/mol. The Balaban J connectivity index is 1.05. The highest BCUT2D eigenvalue weighted by Gasteiger charge is 2.42. The predicted octanol–water partition coefficient (Wildman–Crippen LogP) is 7.40. The molecule has 4 unspecified atom stereocenters. The van der Waals surface area contributed by atoms with E-state index < -0.39 is 10.0 Å². The number of piperidine rings is 1. The van der Waals surface area contributed by atoms with Crippen LogP contribution in [0.2, 0.25) is 0 Å². The standard InChI is InChI=1S/C43H55FN8O3S/c1-8-50(28(2)3)31(6)38-20-35(44)10-12-41(38)55-42-23-46-27-47-43(42)49-25-34-15-16-48(40(34)26-49)24-33-9-11-39-37(30(33)5)21-36(22-45)51(39)17-13-32-14-18-52(29(4)19-32)56(7,53)54/h9-12,20-21,23,27-29,32,34,40H,6,8,13-19,24-26H2,1-5,7H3. The quantitative estimate of drug-likeness (QED) is 0.137. The lowest BCUT2D eigenvalue weighted by Crippen LogP contribution is -2.44. The van der Waals surface area contributed by atoms with Crippen molar-refractivity contribution in [3.05, 3.63) is 83.7 Å². The molecule has 0 amide bonds. The summed E-state index contributed by atoms with van der Waals surface area (Å²) in [5, 5.41) is 11.3.